The molecule has 1 aromatic rings. The van der Waals surface area contributed by atoms with Crippen LogP contribution in [0, 0.1) is 0 Å². The van der Waals surface area contributed by atoms with Crippen molar-refractivity contribution in [1.82, 2.24) is 9.78 Å². The van der Waals surface area contributed by atoms with E-state index in [1.807, 2.05) is 47.6 Å². The highest BCUT2D eigenvalue weighted by molar-refractivity contribution is 5.17. The normalized spacial score (nSPS) is 12.9. The van der Waals surface area contributed by atoms with E-state index in [0.717, 1.165) is 5.56 Å². The number of rotatable bonds is 0. The molecule has 0 spiro atoms. The molecule has 1 heterocycles. The topological polar surface area (TPSA) is 34.9 Å². The summed E-state index contributed by atoms with van der Waals surface area (Å²) >= 11 is 0. The predicted octanol–water partition coefficient (Wildman–Crippen LogP) is 2.30. The molecule has 0 amide bonds. The van der Waals surface area contributed by atoms with Crippen molar-refractivity contribution >= 4 is 0 Å². The summed E-state index contributed by atoms with van der Waals surface area (Å²) in [6.07, 6.45) is 1.70. The molecule has 0 radical (unpaired) electrons. The first kappa shape index (κ1) is 12.0. The van der Waals surface area contributed by atoms with E-state index in [9.17, 15) is 4.79 Å². The maximum Gasteiger partial charge on any atom is 0.270 e. The summed E-state index contributed by atoms with van der Waals surface area (Å²) in [5.41, 5.74) is 0.427. The molecule has 1 rings (SSSR count). The van der Waals surface area contributed by atoms with E-state index in [2.05, 4.69) is 5.10 Å². The van der Waals surface area contributed by atoms with Gasteiger partial charge in [-0.15, -0.1) is 0 Å². The van der Waals surface area contributed by atoms with Gasteiger partial charge in [-0.2, -0.15) is 5.10 Å². The third kappa shape index (κ3) is 2.46. The van der Waals surface area contributed by atoms with E-state index in [1.54, 1.807) is 10.9 Å². The lowest BCUT2D eigenvalue weighted by molar-refractivity contribution is 0.332. The molecule has 15 heavy (non-hydrogen) atoms. The third-order valence-electron chi connectivity index (χ3n) is 2.29. The van der Waals surface area contributed by atoms with Crippen molar-refractivity contribution in [2.75, 3.05) is 0 Å². The molecule has 0 bridgehead atoms. The molecule has 1 aromatic heterocycles. The molecule has 0 atom stereocenters. The summed E-state index contributed by atoms with van der Waals surface area (Å²) in [6, 6.07) is 1.81. The van der Waals surface area contributed by atoms with Gasteiger partial charge in [-0.3, -0.25) is 4.79 Å². The summed E-state index contributed by atoms with van der Waals surface area (Å²) in [7, 11) is 0. The average Bonchev–Trinajstić information content (AvgIpc) is 1.99. The van der Waals surface area contributed by atoms with Crippen LogP contribution in [0.5, 0.6) is 0 Å². The molecule has 0 saturated heterocycles. The Bertz CT molecular complexity index is 370. The fraction of sp³-hybridized carbons (Fsp3) is 0.667. The fourth-order valence-corrected chi connectivity index (χ4v) is 1.46. The maximum atomic E-state index is 12.2. The third-order valence-corrected chi connectivity index (χ3v) is 2.29. The molecular formula is C12H20N2O. The van der Waals surface area contributed by atoms with E-state index >= 15 is 0 Å². The Labute approximate surface area is 91.1 Å². The lowest BCUT2D eigenvalue weighted by atomic mass is 9.88. The van der Waals surface area contributed by atoms with Crippen LogP contribution >= 0.6 is 0 Å². The molecule has 0 unspecified atom stereocenters. The summed E-state index contributed by atoms with van der Waals surface area (Å²) in [5.74, 6) is 0. The van der Waals surface area contributed by atoms with Crippen LogP contribution in [-0.2, 0) is 11.0 Å². The first-order valence-corrected chi connectivity index (χ1v) is 5.23. The molecule has 0 aliphatic rings. The lowest BCUT2D eigenvalue weighted by Crippen LogP contribution is -2.39. The molecule has 0 aliphatic carbocycles. The highest BCUT2D eigenvalue weighted by atomic mass is 16.1. The molecule has 0 fully saturated rings. The zero-order valence-corrected chi connectivity index (χ0v) is 10.5. The Morgan fingerprint density at radius 3 is 2.07 bits per heavy atom. The van der Waals surface area contributed by atoms with Crippen LogP contribution in [0.2, 0.25) is 0 Å². The van der Waals surface area contributed by atoms with Crippen molar-refractivity contribution in [3.8, 4) is 0 Å². The van der Waals surface area contributed by atoms with Crippen molar-refractivity contribution in [2.24, 2.45) is 0 Å². The quantitative estimate of drug-likeness (QED) is 0.655. The van der Waals surface area contributed by atoms with Gasteiger partial charge in [0.05, 0.1) is 5.54 Å². The van der Waals surface area contributed by atoms with Crippen LogP contribution in [0.3, 0.4) is 0 Å². The average molecular weight is 208 g/mol. The van der Waals surface area contributed by atoms with Gasteiger partial charge in [0, 0.05) is 11.8 Å². The molecule has 0 saturated carbocycles. The molecule has 0 aromatic carbocycles. The van der Waals surface area contributed by atoms with Crippen molar-refractivity contribution in [3.63, 3.8) is 0 Å². The zero-order valence-electron chi connectivity index (χ0n) is 10.5. The van der Waals surface area contributed by atoms with Crippen LogP contribution in [0.25, 0.3) is 0 Å². The number of aromatic nitrogens is 2. The summed E-state index contributed by atoms with van der Waals surface area (Å²) in [5, 5.41) is 4.13. The monoisotopic (exact) mass is 208 g/mol. The minimum Gasteiger partial charge on any atom is -0.267 e. The second-order valence-electron chi connectivity index (χ2n) is 5.88. The molecular weight excluding hydrogens is 188 g/mol. The second-order valence-corrected chi connectivity index (χ2v) is 5.88. The summed E-state index contributed by atoms with van der Waals surface area (Å²) < 4.78 is 1.55. The highest BCUT2D eigenvalue weighted by Gasteiger charge is 2.23. The SMILES string of the molecule is CC(C)(C)c1ccnn(C(C)(C)C)c1=O. The van der Waals surface area contributed by atoms with Gasteiger partial charge in [0.15, 0.2) is 0 Å². The van der Waals surface area contributed by atoms with E-state index in [4.69, 9.17) is 0 Å². The van der Waals surface area contributed by atoms with E-state index < -0.39 is 0 Å². The lowest BCUT2D eigenvalue weighted by Gasteiger charge is -2.24. The van der Waals surface area contributed by atoms with Gasteiger partial charge in [0.25, 0.3) is 5.56 Å². The molecule has 84 valence electrons. The Kier molecular flexibility index (Phi) is 2.77. The predicted molar refractivity (Wildman–Crippen MR) is 62.2 cm³/mol. The fourth-order valence-electron chi connectivity index (χ4n) is 1.46. The highest BCUT2D eigenvalue weighted by Crippen LogP contribution is 2.18. The zero-order chi connectivity index (χ0) is 11.9. The van der Waals surface area contributed by atoms with Gasteiger partial charge in [-0.1, -0.05) is 20.8 Å². The van der Waals surface area contributed by atoms with Gasteiger partial charge in [-0.25, -0.2) is 4.68 Å². The van der Waals surface area contributed by atoms with Crippen LogP contribution in [-0.4, -0.2) is 9.78 Å². The van der Waals surface area contributed by atoms with Crippen LogP contribution < -0.4 is 5.56 Å². The van der Waals surface area contributed by atoms with Crippen molar-refractivity contribution < 1.29 is 0 Å². The Hall–Kier alpha value is -1.12. The van der Waals surface area contributed by atoms with Gasteiger partial charge in [0.1, 0.15) is 0 Å². The molecule has 3 nitrogen and oxygen atoms in total. The maximum absolute atomic E-state index is 12.2. The van der Waals surface area contributed by atoms with Crippen molar-refractivity contribution in [1.29, 1.82) is 0 Å². The van der Waals surface area contributed by atoms with Gasteiger partial charge in [0.2, 0.25) is 0 Å². The van der Waals surface area contributed by atoms with E-state index in [0.29, 0.717) is 0 Å². The van der Waals surface area contributed by atoms with Crippen LogP contribution in [0.4, 0.5) is 0 Å². The van der Waals surface area contributed by atoms with Gasteiger partial charge >= 0.3 is 0 Å². The second kappa shape index (κ2) is 3.47. The number of nitrogens with zero attached hydrogens (tertiary/aromatic N) is 2. The molecule has 0 N–H and O–H groups in total. The Morgan fingerprint density at radius 1 is 1.13 bits per heavy atom. The first-order chi connectivity index (χ1) is 6.64. The first-order valence-electron chi connectivity index (χ1n) is 5.23. The van der Waals surface area contributed by atoms with Crippen LogP contribution in [0.15, 0.2) is 17.1 Å². The summed E-state index contributed by atoms with van der Waals surface area (Å²) in [6.45, 7) is 12.1. The minimum absolute atomic E-state index is 0.0116. The number of hydrogen-bond acceptors (Lipinski definition) is 2. The number of hydrogen-bond donors (Lipinski definition) is 0. The van der Waals surface area contributed by atoms with Crippen molar-refractivity contribution in [2.45, 2.75) is 52.5 Å². The molecule has 0 aliphatic heterocycles. The largest absolute Gasteiger partial charge is 0.270 e. The standard InChI is InChI=1S/C12H20N2O/c1-11(2,3)9-7-8-13-14(10(9)15)12(4,5)6/h7-8H,1-6H3. The van der Waals surface area contributed by atoms with Gasteiger partial charge < -0.3 is 0 Å². The van der Waals surface area contributed by atoms with Crippen LogP contribution in [0.1, 0.15) is 47.1 Å². The molecule has 3 heteroatoms. The van der Waals surface area contributed by atoms with E-state index in [-0.39, 0.29) is 16.5 Å². The Balaban J connectivity index is 3.44. The van der Waals surface area contributed by atoms with Gasteiger partial charge in [-0.05, 0) is 32.3 Å². The summed E-state index contributed by atoms with van der Waals surface area (Å²) in [4.78, 5) is 12.2. The van der Waals surface area contributed by atoms with Crippen molar-refractivity contribution in [3.05, 3.63) is 28.2 Å². The smallest absolute Gasteiger partial charge is 0.267 e. The minimum atomic E-state index is -0.266. The Morgan fingerprint density at radius 2 is 1.67 bits per heavy atom. The van der Waals surface area contributed by atoms with E-state index in [1.165, 1.54) is 0 Å².